The van der Waals surface area contributed by atoms with Gasteiger partial charge in [-0.3, -0.25) is 0 Å². The van der Waals surface area contributed by atoms with Crippen molar-refractivity contribution in [3.05, 3.63) is 52.0 Å². The fourth-order valence-electron chi connectivity index (χ4n) is 4.80. The monoisotopic (exact) mass is 455 g/mol. The lowest BCUT2D eigenvalue weighted by molar-refractivity contribution is -0.147. The lowest BCUT2D eigenvalue weighted by Crippen LogP contribution is -2.58. The Morgan fingerprint density at radius 2 is 1.83 bits per heavy atom. The molecule has 7 heteroatoms. The molecule has 0 unspecified atom stereocenters. The van der Waals surface area contributed by atoms with Gasteiger partial charge in [-0.15, -0.1) is 0 Å². The van der Waals surface area contributed by atoms with Crippen molar-refractivity contribution in [2.75, 3.05) is 26.9 Å². The molecule has 150 valence electrons. The lowest BCUT2D eigenvalue weighted by atomic mass is 9.91. The molecule has 0 saturated carbocycles. The molecule has 1 spiro atoms. The molecule has 2 aromatic rings. The summed E-state index contributed by atoms with van der Waals surface area (Å²) in [5.41, 5.74) is 2.98. The van der Waals surface area contributed by atoms with Crippen LogP contribution >= 0.6 is 15.9 Å². The van der Waals surface area contributed by atoms with Crippen molar-refractivity contribution in [1.29, 1.82) is 0 Å². The second-order valence-electron chi connectivity index (χ2n) is 8.21. The first-order chi connectivity index (χ1) is 14.1. The predicted molar refractivity (Wildman–Crippen MR) is 113 cm³/mol. The molecule has 0 aliphatic carbocycles. The van der Waals surface area contributed by atoms with E-state index in [-0.39, 0.29) is 18.6 Å². The molecule has 0 aromatic heterocycles. The lowest BCUT2D eigenvalue weighted by Gasteiger charge is -2.50. The van der Waals surface area contributed by atoms with Gasteiger partial charge in [0.1, 0.15) is 5.75 Å². The maximum absolute atomic E-state index is 6.66. The number of hydrogen-bond acceptors (Lipinski definition) is 6. The van der Waals surface area contributed by atoms with E-state index in [2.05, 4.69) is 57.2 Å². The summed E-state index contributed by atoms with van der Waals surface area (Å²) in [6.07, 6.45) is 2.73. The van der Waals surface area contributed by atoms with Crippen LogP contribution in [0.3, 0.4) is 0 Å². The maximum atomic E-state index is 6.66. The largest absolute Gasteiger partial charge is 0.466 e. The highest BCUT2D eigenvalue weighted by molar-refractivity contribution is 9.10. The Labute approximate surface area is 178 Å². The van der Waals surface area contributed by atoms with Crippen molar-refractivity contribution in [3.63, 3.8) is 0 Å². The van der Waals surface area contributed by atoms with Gasteiger partial charge < -0.3 is 19.1 Å². The van der Waals surface area contributed by atoms with Gasteiger partial charge in [0.15, 0.2) is 11.5 Å². The summed E-state index contributed by atoms with van der Waals surface area (Å²) in [7, 11) is 2.17. The fraction of sp³-hybridized carbons (Fsp3) is 0.409. The smallest absolute Gasteiger partial charge is 0.231 e. The summed E-state index contributed by atoms with van der Waals surface area (Å²) < 4.78 is 18.8. The Hall–Kier alpha value is -2.25. The SMILES string of the molecule is CN1CCC2(CC1)Oc1ccc(Br)cc1[C@@H]1CC(c3ccc4c(c3)OCO4)=NN12. The van der Waals surface area contributed by atoms with Crippen molar-refractivity contribution in [1.82, 2.24) is 9.91 Å². The van der Waals surface area contributed by atoms with Crippen LogP contribution in [0.15, 0.2) is 46.0 Å². The van der Waals surface area contributed by atoms with E-state index in [0.29, 0.717) is 0 Å². The Balaban J connectivity index is 1.43. The third kappa shape index (κ3) is 2.74. The number of fused-ring (bicyclic) bond motifs is 5. The Morgan fingerprint density at radius 1 is 1.03 bits per heavy atom. The molecule has 4 aliphatic rings. The number of ether oxygens (including phenoxy) is 3. The first-order valence-corrected chi connectivity index (χ1v) is 10.8. The first-order valence-electron chi connectivity index (χ1n) is 10.1. The molecule has 1 saturated heterocycles. The quantitative estimate of drug-likeness (QED) is 0.646. The molecule has 4 aliphatic heterocycles. The zero-order valence-corrected chi connectivity index (χ0v) is 17.8. The van der Waals surface area contributed by atoms with Crippen molar-refractivity contribution in [2.45, 2.75) is 31.0 Å². The maximum Gasteiger partial charge on any atom is 0.231 e. The molecule has 0 N–H and O–H groups in total. The first kappa shape index (κ1) is 17.6. The van der Waals surface area contributed by atoms with Gasteiger partial charge in [0.05, 0.1) is 11.8 Å². The van der Waals surface area contributed by atoms with E-state index >= 15 is 0 Å². The molecular formula is C22H22BrN3O3. The van der Waals surface area contributed by atoms with E-state index in [1.807, 2.05) is 12.1 Å². The van der Waals surface area contributed by atoms with E-state index in [4.69, 9.17) is 19.3 Å². The molecule has 0 bridgehead atoms. The van der Waals surface area contributed by atoms with Gasteiger partial charge in [0.25, 0.3) is 0 Å². The van der Waals surface area contributed by atoms with Gasteiger partial charge in [0, 0.05) is 48.0 Å². The number of hydrazone groups is 1. The highest BCUT2D eigenvalue weighted by atomic mass is 79.9. The van der Waals surface area contributed by atoms with Crippen molar-refractivity contribution < 1.29 is 14.2 Å². The summed E-state index contributed by atoms with van der Waals surface area (Å²) in [6.45, 7) is 2.29. The molecule has 6 nitrogen and oxygen atoms in total. The zero-order chi connectivity index (χ0) is 19.6. The second kappa shape index (κ2) is 6.37. The zero-order valence-electron chi connectivity index (χ0n) is 16.2. The number of hydrogen-bond donors (Lipinski definition) is 0. The highest BCUT2D eigenvalue weighted by Gasteiger charge is 2.51. The average Bonchev–Trinajstić information content (AvgIpc) is 3.38. The van der Waals surface area contributed by atoms with Crippen LogP contribution in [0.5, 0.6) is 17.2 Å². The van der Waals surface area contributed by atoms with Crippen molar-refractivity contribution in [3.8, 4) is 17.2 Å². The van der Waals surface area contributed by atoms with Gasteiger partial charge in [0.2, 0.25) is 12.5 Å². The number of nitrogens with zero attached hydrogens (tertiary/aromatic N) is 3. The minimum absolute atomic E-state index is 0.181. The molecule has 0 amide bonds. The molecule has 0 radical (unpaired) electrons. The van der Waals surface area contributed by atoms with Gasteiger partial charge in [-0.25, -0.2) is 5.01 Å². The normalized spacial score (nSPS) is 24.1. The Kier molecular flexibility index (Phi) is 3.87. The summed E-state index contributed by atoms with van der Waals surface area (Å²) >= 11 is 3.63. The molecule has 4 heterocycles. The molecular weight excluding hydrogens is 434 g/mol. The minimum atomic E-state index is -0.379. The molecule has 1 atom stereocenters. The number of piperidine rings is 1. The molecule has 29 heavy (non-hydrogen) atoms. The Morgan fingerprint density at radius 3 is 2.69 bits per heavy atom. The summed E-state index contributed by atoms with van der Waals surface area (Å²) in [5.74, 6) is 2.58. The average molecular weight is 456 g/mol. The summed E-state index contributed by atoms with van der Waals surface area (Å²) in [4.78, 5) is 2.36. The third-order valence-electron chi connectivity index (χ3n) is 6.43. The van der Waals surface area contributed by atoms with Crippen LogP contribution in [0.1, 0.15) is 36.4 Å². The number of benzene rings is 2. The summed E-state index contributed by atoms with van der Waals surface area (Å²) in [6, 6.07) is 12.6. The van der Waals surface area contributed by atoms with Crippen molar-refractivity contribution in [2.24, 2.45) is 5.10 Å². The standard InChI is InChI=1S/C22H22BrN3O3/c1-25-8-6-22(7-9-25)26-18(16-11-15(23)3-5-19(16)29-22)12-17(24-26)14-2-4-20-21(10-14)28-13-27-20/h2-5,10-11,18H,6-9,12-13H2,1H3/t18-/m0/s1. The Bertz CT molecular complexity index is 1020. The summed E-state index contributed by atoms with van der Waals surface area (Å²) in [5, 5.41) is 7.38. The van der Waals surface area contributed by atoms with Crippen LogP contribution in [-0.4, -0.2) is 48.3 Å². The molecule has 1 fully saturated rings. The third-order valence-corrected chi connectivity index (χ3v) is 6.93. The highest BCUT2D eigenvalue weighted by Crippen LogP contribution is 2.50. The van der Waals surface area contributed by atoms with E-state index in [1.54, 1.807) is 0 Å². The van der Waals surface area contributed by atoms with E-state index in [1.165, 1.54) is 5.56 Å². The van der Waals surface area contributed by atoms with E-state index in [0.717, 1.165) is 65.3 Å². The fourth-order valence-corrected chi connectivity index (χ4v) is 5.18. The number of halogens is 1. The van der Waals surface area contributed by atoms with Crippen molar-refractivity contribution >= 4 is 21.6 Å². The van der Waals surface area contributed by atoms with Crippen LogP contribution in [0.4, 0.5) is 0 Å². The van der Waals surface area contributed by atoms with Gasteiger partial charge in [-0.2, -0.15) is 5.10 Å². The second-order valence-corrected chi connectivity index (χ2v) is 9.13. The van der Waals surface area contributed by atoms with Crippen LogP contribution in [0, 0.1) is 0 Å². The molecule has 6 rings (SSSR count). The van der Waals surface area contributed by atoms with Gasteiger partial charge in [-0.05, 0) is 43.4 Å². The number of rotatable bonds is 1. The van der Waals surface area contributed by atoms with Crippen LogP contribution in [-0.2, 0) is 0 Å². The van der Waals surface area contributed by atoms with Crippen LogP contribution in [0.25, 0.3) is 0 Å². The van der Waals surface area contributed by atoms with E-state index in [9.17, 15) is 0 Å². The van der Waals surface area contributed by atoms with E-state index < -0.39 is 0 Å². The van der Waals surface area contributed by atoms with Crippen LogP contribution in [0.2, 0.25) is 0 Å². The minimum Gasteiger partial charge on any atom is -0.466 e. The predicted octanol–water partition coefficient (Wildman–Crippen LogP) is 4.14. The van der Waals surface area contributed by atoms with Gasteiger partial charge >= 0.3 is 0 Å². The molecule has 2 aromatic carbocycles. The number of likely N-dealkylation sites (tertiary alicyclic amines) is 1. The van der Waals surface area contributed by atoms with Crippen LogP contribution < -0.4 is 14.2 Å². The topological polar surface area (TPSA) is 46.5 Å². The van der Waals surface area contributed by atoms with Gasteiger partial charge in [-0.1, -0.05) is 15.9 Å².